The predicted octanol–water partition coefficient (Wildman–Crippen LogP) is 5.16. The van der Waals surface area contributed by atoms with Crippen LogP contribution in [0.1, 0.15) is 28.6 Å². The van der Waals surface area contributed by atoms with E-state index < -0.39 is 0 Å². The maximum atomic E-state index is 13.4. The molecule has 6 heteroatoms. The Morgan fingerprint density at radius 2 is 2.00 bits per heavy atom. The SMILES string of the molecule is CCN(C)C=Nc1cc(C)c(Cc2nc(-c3cncc(F)c3)cs2)cc1C. The van der Waals surface area contributed by atoms with Crippen LogP contribution in [0.5, 0.6) is 0 Å². The van der Waals surface area contributed by atoms with Gasteiger partial charge in [-0.25, -0.2) is 14.4 Å². The number of hydrogen-bond acceptors (Lipinski definition) is 4. The summed E-state index contributed by atoms with van der Waals surface area (Å²) in [6.07, 6.45) is 5.45. The fourth-order valence-electron chi connectivity index (χ4n) is 2.67. The van der Waals surface area contributed by atoms with E-state index in [1.54, 1.807) is 17.5 Å². The fraction of sp³-hybridized carbons (Fsp3) is 0.286. The second-order valence-corrected chi connectivity index (χ2v) is 7.52. The molecule has 0 amide bonds. The number of nitrogens with zero attached hydrogens (tertiary/aromatic N) is 4. The lowest BCUT2D eigenvalue weighted by atomic mass is 10.0. The first-order valence-corrected chi connectivity index (χ1v) is 9.74. The molecule has 27 heavy (non-hydrogen) atoms. The van der Waals surface area contributed by atoms with E-state index in [0.29, 0.717) is 5.56 Å². The van der Waals surface area contributed by atoms with E-state index in [0.717, 1.165) is 34.9 Å². The van der Waals surface area contributed by atoms with Crippen molar-refractivity contribution < 1.29 is 4.39 Å². The maximum Gasteiger partial charge on any atom is 0.142 e. The Morgan fingerprint density at radius 3 is 2.74 bits per heavy atom. The molecule has 0 atom stereocenters. The van der Waals surface area contributed by atoms with Gasteiger partial charge in [-0.05, 0) is 49.6 Å². The Hall–Kier alpha value is -2.60. The fourth-order valence-corrected chi connectivity index (χ4v) is 3.50. The van der Waals surface area contributed by atoms with Gasteiger partial charge in [-0.3, -0.25) is 4.98 Å². The zero-order chi connectivity index (χ0) is 19.4. The summed E-state index contributed by atoms with van der Waals surface area (Å²) >= 11 is 1.58. The molecule has 0 saturated heterocycles. The van der Waals surface area contributed by atoms with Crippen LogP contribution in [-0.4, -0.2) is 34.8 Å². The van der Waals surface area contributed by atoms with Gasteiger partial charge in [0.1, 0.15) is 5.82 Å². The second-order valence-electron chi connectivity index (χ2n) is 6.58. The third-order valence-corrected chi connectivity index (χ3v) is 5.29. The van der Waals surface area contributed by atoms with Crippen LogP contribution in [-0.2, 0) is 6.42 Å². The molecule has 0 aliphatic heterocycles. The van der Waals surface area contributed by atoms with Crippen LogP contribution in [0.25, 0.3) is 11.3 Å². The zero-order valence-corrected chi connectivity index (χ0v) is 16.8. The van der Waals surface area contributed by atoms with Crippen molar-refractivity contribution >= 4 is 23.4 Å². The molecule has 0 aliphatic carbocycles. The van der Waals surface area contributed by atoms with E-state index in [9.17, 15) is 4.39 Å². The number of hydrogen-bond donors (Lipinski definition) is 0. The van der Waals surface area contributed by atoms with Gasteiger partial charge in [0.2, 0.25) is 0 Å². The zero-order valence-electron chi connectivity index (χ0n) is 16.0. The summed E-state index contributed by atoms with van der Waals surface area (Å²) in [7, 11) is 2.01. The van der Waals surface area contributed by atoms with Gasteiger partial charge >= 0.3 is 0 Å². The third kappa shape index (κ3) is 4.77. The molecular weight excluding hydrogens is 359 g/mol. The lowest BCUT2D eigenvalue weighted by molar-refractivity contribution is 0.552. The van der Waals surface area contributed by atoms with Crippen molar-refractivity contribution in [1.82, 2.24) is 14.9 Å². The van der Waals surface area contributed by atoms with Crippen LogP contribution in [0.3, 0.4) is 0 Å². The number of aromatic nitrogens is 2. The molecule has 140 valence electrons. The smallest absolute Gasteiger partial charge is 0.142 e. The van der Waals surface area contributed by atoms with Crippen molar-refractivity contribution in [2.24, 2.45) is 4.99 Å². The van der Waals surface area contributed by atoms with E-state index in [1.165, 1.54) is 23.4 Å². The minimum Gasteiger partial charge on any atom is -0.366 e. The Balaban J connectivity index is 1.80. The summed E-state index contributed by atoms with van der Waals surface area (Å²) in [6.45, 7) is 7.19. The van der Waals surface area contributed by atoms with Crippen LogP contribution in [0.4, 0.5) is 10.1 Å². The largest absolute Gasteiger partial charge is 0.366 e. The summed E-state index contributed by atoms with van der Waals surface area (Å²) in [4.78, 5) is 15.2. The van der Waals surface area contributed by atoms with Gasteiger partial charge in [-0.15, -0.1) is 11.3 Å². The molecule has 0 N–H and O–H groups in total. The Bertz CT molecular complexity index is 965. The lowest BCUT2D eigenvalue weighted by Gasteiger charge is -2.11. The number of rotatable bonds is 6. The molecule has 0 fully saturated rings. The standard InChI is InChI=1S/C21H23FN4S/c1-5-26(4)13-24-19-7-14(2)16(6-15(19)3)9-21-25-20(12-27-21)17-8-18(22)11-23-10-17/h6-8,10-13H,5,9H2,1-4H3. The first-order valence-electron chi connectivity index (χ1n) is 8.86. The first kappa shape index (κ1) is 19.2. The predicted molar refractivity (Wildman–Crippen MR) is 110 cm³/mol. The average Bonchev–Trinajstić information content (AvgIpc) is 3.11. The van der Waals surface area contributed by atoms with E-state index in [2.05, 4.69) is 47.9 Å². The Kier molecular flexibility index (Phi) is 5.96. The number of aliphatic imine (C=N–C) groups is 1. The molecular formula is C21H23FN4S. The van der Waals surface area contributed by atoms with Crippen LogP contribution >= 0.6 is 11.3 Å². The van der Waals surface area contributed by atoms with Gasteiger partial charge in [0, 0.05) is 37.2 Å². The van der Waals surface area contributed by atoms with Crippen molar-refractivity contribution in [2.45, 2.75) is 27.2 Å². The highest BCUT2D eigenvalue weighted by Crippen LogP contribution is 2.27. The van der Waals surface area contributed by atoms with Crippen LogP contribution in [0, 0.1) is 19.7 Å². The summed E-state index contributed by atoms with van der Waals surface area (Å²) < 4.78 is 13.4. The van der Waals surface area contributed by atoms with E-state index in [4.69, 9.17) is 0 Å². The molecule has 0 radical (unpaired) electrons. The van der Waals surface area contributed by atoms with Crippen molar-refractivity contribution in [1.29, 1.82) is 0 Å². The third-order valence-electron chi connectivity index (χ3n) is 4.44. The van der Waals surface area contributed by atoms with Crippen LogP contribution in [0.2, 0.25) is 0 Å². The Labute approximate surface area is 163 Å². The van der Waals surface area contributed by atoms with Crippen molar-refractivity contribution in [3.63, 3.8) is 0 Å². The highest BCUT2D eigenvalue weighted by Gasteiger charge is 2.10. The number of pyridine rings is 1. The molecule has 3 aromatic rings. The molecule has 0 spiro atoms. The minimum absolute atomic E-state index is 0.349. The number of thiazole rings is 1. The maximum absolute atomic E-state index is 13.4. The van der Waals surface area contributed by atoms with E-state index in [-0.39, 0.29) is 5.82 Å². The molecule has 2 heterocycles. The summed E-state index contributed by atoms with van der Waals surface area (Å²) in [5, 5.41) is 2.95. The molecule has 4 nitrogen and oxygen atoms in total. The van der Waals surface area contributed by atoms with Gasteiger partial charge in [0.25, 0.3) is 0 Å². The second kappa shape index (κ2) is 8.39. The summed E-state index contributed by atoms with van der Waals surface area (Å²) in [5.74, 6) is -0.349. The topological polar surface area (TPSA) is 41.4 Å². The number of aryl methyl sites for hydroxylation is 2. The van der Waals surface area contributed by atoms with E-state index >= 15 is 0 Å². The average molecular weight is 383 g/mol. The van der Waals surface area contributed by atoms with Gasteiger partial charge in [0.05, 0.1) is 28.9 Å². The molecule has 0 aliphatic rings. The monoisotopic (exact) mass is 382 g/mol. The normalized spacial score (nSPS) is 11.3. The summed E-state index contributed by atoms with van der Waals surface area (Å²) in [5.41, 5.74) is 6.02. The van der Waals surface area contributed by atoms with Gasteiger partial charge in [0.15, 0.2) is 0 Å². The Morgan fingerprint density at radius 1 is 1.19 bits per heavy atom. The van der Waals surface area contributed by atoms with Crippen molar-refractivity contribution in [3.8, 4) is 11.3 Å². The van der Waals surface area contributed by atoms with Crippen LogP contribution in [0.15, 0.2) is 41.0 Å². The first-order chi connectivity index (χ1) is 13.0. The van der Waals surface area contributed by atoms with Crippen molar-refractivity contribution in [2.75, 3.05) is 13.6 Å². The molecule has 1 aromatic carbocycles. The quantitative estimate of drug-likeness (QED) is 0.437. The van der Waals surface area contributed by atoms with E-state index in [1.807, 2.05) is 23.7 Å². The van der Waals surface area contributed by atoms with Gasteiger partial charge in [-0.1, -0.05) is 6.07 Å². The van der Waals surface area contributed by atoms with Gasteiger partial charge in [-0.2, -0.15) is 0 Å². The van der Waals surface area contributed by atoms with Crippen LogP contribution < -0.4 is 0 Å². The lowest BCUT2D eigenvalue weighted by Crippen LogP contribution is -2.14. The number of benzene rings is 1. The number of halogens is 1. The summed E-state index contributed by atoms with van der Waals surface area (Å²) in [6, 6.07) is 5.76. The molecule has 0 unspecified atom stereocenters. The minimum atomic E-state index is -0.349. The van der Waals surface area contributed by atoms with Gasteiger partial charge < -0.3 is 4.90 Å². The molecule has 0 bridgehead atoms. The van der Waals surface area contributed by atoms with Crippen molar-refractivity contribution in [3.05, 3.63) is 63.5 Å². The molecule has 2 aromatic heterocycles. The molecule has 0 saturated carbocycles. The molecule has 3 rings (SSSR count). The highest BCUT2D eigenvalue weighted by molar-refractivity contribution is 7.10. The highest BCUT2D eigenvalue weighted by atomic mass is 32.1.